The predicted molar refractivity (Wildman–Crippen MR) is 113 cm³/mol. The molecule has 3 aromatic rings. The Hall–Kier alpha value is -3.00. The van der Waals surface area contributed by atoms with Crippen molar-refractivity contribution >= 4 is 16.9 Å². The van der Waals surface area contributed by atoms with E-state index >= 15 is 0 Å². The van der Waals surface area contributed by atoms with Crippen LogP contribution in [0.25, 0.3) is 11.0 Å². The van der Waals surface area contributed by atoms with Crippen LogP contribution in [0, 0.1) is 0 Å². The van der Waals surface area contributed by atoms with Crippen molar-refractivity contribution in [3.63, 3.8) is 0 Å². The van der Waals surface area contributed by atoms with Crippen molar-refractivity contribution in [2.24, 2.45) is 0 Å². The van der Waals surface area contributed by atoms with Gasteiger partial charge in [-0.1, -0.05) is 12.1 Å². The Kier molecular flexibility index (Phi) is 5.08. The lowest BCUT2D eigenvalue weighted by Crippen LogP contribution is -2.49. The van der Waals surface area contributed by atoms with Crippen molar-refractivity contribution in [1.82, 2.24) is 29.3 Å². The van der Waals surface area contributed by atoms with Crippen LogP contribution >= 0.6 is 0 Å². The van der Waals surface area contributed by atoms with Gasteiger partial charge in [-0.05, 0) is 37.8 Å². The number of para-hydroxylation sites is 2. The maximum Gasteiger partial charge on any atom is 0.326 e. The van der Waals surface area contributed by atoms with Gasteiger partial charge in [0.05, 0.1) is 16.6 Å². The van der Waals surface area contributed by atoms with E-state index in [4.69, 9.17) is 0 Å². The average molecular weight is 406 g/mol. The van der Waals surface area contributed by atoms with Gasteiger partial charge in [-0.3, -0.25) is 9.36 Å². The highest BCUT2D eigenvalue weighted by Crippen LogP contribution is 2.28. The molecule has 2 fully saturated rings. The minimum Gasteiger partial charge on any atom is -0.338 e. The molecule has 0 radical (unpaired) electrons. The first-order valence-corrected chi connectivity index (χ1v) is 10.7. The number of fused-ring (bicyclic) bond motifs is 1. The fourth-order valence-electron chi connectivity index (χ4n) is 4.97. The first kappa shape index (κ1) is 19.0. The zero-order valence-electron chi connectivity index (χ0n) is 16.9. The molecular formula is C22H26N6O2. The van der Waals surface area contributed by atoms with Crippen molar-refractivity contribution in [3.8, 4) is 0 Å². The third kappa shape index (κ3) is 3.52. The summed E-state index contributed by atoms with van der Waals surface area (Å²) >= 11 is 0. The Morgan fingerprint density at radius 3 is 2.33 bits per heavy atom. The van der Waals surface area contributed by atoms with E-state index in [1.165, 1.54) is 6.33 Å². The number of imidazole rings is 1. The van der Waals surface area contributed by atoms with E-state index in [0.717, 1.165) is 62.9 Å². The number of carbonyl (C=O) groups is 1. The molecule has 1 N–H and O–H groups in total. The molecule has 4 heterocycles. The molecule has 2 aliphatic rings. The number of carbonyl (C=O) groups excluding carboxylic acids is 1. The van der Waals surface area contributed by atoms with Gasteiger partial charge in [0.15, 0.2) is 0 Å². The second kappa shape index (κ2) is 8.02. The van der Waals surface area contributed by atoms with E-state index in [2.05, 4.69) is 19.9 Å². The second-order valence-corrected chi connectivity index (χ2v) is 8.23. The molecule has 5 rings (SSSR count). The number of nitrogens with zero attached hydrogens (tertiary/aromatic N) is 5. The van der Waals surface area contributed by atoms with Gasteiger partial charge in [0.1, 0.15) is 6.33 Å². The molecule has 0 bridgehead atoms. The number of rotatable bonds is 3. The maximum absolute atomic E-state index is 12.6. The van der Waals surface area contributed by atoms with E-state index in [-0.39, 0.29) is 17.6 Å². The van der Waals surface area contributed by atoms with Crippen LogP contribution in [-0.2, 0) is 0 Å². The quantitative estimate of drug-likeness (QED) is 0.719. The third-order valence-electron chi connectivity index (χ3n) is 6.56. The summed E-state index contributed by atoms with van der Waals surface area (Å²) in [7, 11) is 0. The van der Waals surface area contributed by atoms with Crippen LogP contribution in [0.15, 0.2) is 47.8 Å². The number of H-pyrrole nitrogens is 1. The normalized spacial score (nSPS) is 19.4. The summed E-state index contributed by atoms with van der Waals surface area (Å²) in [4.78, 5) is 40.4. The van der Waals surface area contributed by atoms with Crippen LogP contribution < -0.4 is 5.69 Å². The molecule has 8 heteroatoms. The molecule has 0 saturated carbocycles. The Balaban J connectivity index is 1.18. The minimum atomic E-state index is -0.00800. The summed E-state index contributed by atoms with van der Waals surface area (Å²) in [5.41, 5.74) is 2.45. The smallest absolute Gasteiger partial charge is 0.326 e. The molecular weight excluding hydrogens is 380 g/mol. The number of amides is 1. The highest BCUT2D eigenvalue weighted by Gasteiger charge is 2.31. The largest absolute Gasteiger partial charge is 0.338 e. The third-order valence-corrected chi connectivity index (χ3v) is 6.56. The molecule has 8 nitrogen and oxygen atoms in total. The number of aromatic amines is 1. The lowest BCUT2D eigenvalue weighted by molar-refractivity contribution is 0.0557. The van der Waals surface area contributed by atoms with Gasteiger partial charge in [0.25, 0.3) is 5.91 Å². The Morgan fingerprint density at radius 1 is 0.933 bits per heavy atom. The van der Waals surface area contributed by atoms with Crippen LogP contribution in [-0.4, -0.2) is 67.4 Å². The van der Waals surface area contributed by atoms with Gasteiger partial charge in [0.2, 0.25) is 0 Å². The lowest BCUT2D eigenvalue weighted by Gasteiger charge is -2.42. The van der Waals surface area contributed by atoms with E-state index in [9.17, 15) is 9.59 Å². The predicted octanol–water partition coefficient (Wildman–Crippen LogP) is 2.06. The van der Waals surface area contributed by atoms with Crippen LogP contribution in [0.5, 0.6) is 0 Å². The first-order valence-electron chi connectivity index (χ1n) is 10.7. The molecule has 0 atom stereocenters. The number of piperidine rings is 2. The van der Waals surface area contributed by atoms with E-state index < -0.39 is 0 Å². The summed E-state index contributed by atoms with van der Waals surface area (Å²) in [6, 6.07) is 8.65. The van der Waals surface area contributed by atoms with Crippen LogP contribution in [0.1, 0.15) is 42.1 Å². The lowest BCUT2D eigenvalue weighted by atomic mass is 9.97. The molecule has 30 heavy (non-hydrogen) atoms. The van der Waals surface area contributed by atoms with E-state index in [0.29, 0.717) is 11.6 Å². The number of benzene rings is 1. The highest BCUT2D eigenvalue weighted by atomic mass is 16.2. The molecule has 1 aromatic carbocycles. The van der Waals surface area contributed by atoms with Crippen molar-refractivity contribution in [1.29, 1.82) is 0 Å². The number of hydrogen-bond donors (Lipinski definition) is 1. The Labute approximate surface area is 174 Å². The summed E-state index contributed by atoms with van der Waals surface area (Å²) in [6.07, 6.45) is 8.52. The molecule has 0 aliphatic carbocycles. The van der Waals surface area contributed by atoms with Gasteiger partial charge >= 0.3 is 5.69 Å². The van der Waals surface area contributed by atoms with Crippen LogP contribution in [0.2, 0.25) is 0 Å². The SMILES string of the molecule is O=C(c1cncnc1)N1CCC(N2CCC(n3c(=O)[nH]c4ccccc43)CC2)CC1. The Morgan fingerprint density at radius 2 is 1.60 bits per heavy atom. The number of likely N-dealkylation sites (tertiary alicyclic amines) is 2. The van der Waals surface area contributed by atoms with Gasteiger partial charge < -0.3 is 14.8 Å². The molecule has 0 unspecified atom stereocenters. The zero-order chi connectivity index (χ0) is 20.5. The monoisotopic (exact) mass is 406 g/mol. The molecule has 1 amide bonds. The number of nitrogens with one attached hydrogen (secondary N) is 1. The van der Waals surface area contributed by atoms with Gasteiger partial charge in [-0.25, -0.2) is 14.8 Å². The number of hydrogen-bond acceptors (Lipinski definition) is 5. The van der Waals surface area contributed by atoms with Gasteiger partial charge in [0, 0.05) is 50.7 Å². The summed E-state index contributed by atoms with van der Waals surface area (Å²) in [6.45, 7) is 3.50. The van der Waals surface area contributed by atoms with Crippen molar-refractivity contribution < 1.29 is 4.79 Å². The summed E-state index contributed by atoms with van der Waals surface area (Å²) < 4.78 is 1.94. The fourth-order valence-corrected chi connectivity index (χ4v) is 4.97. The highest BCUT2D eigenvalue weighted by molar-refractivity contribution is 5.93. The Bertz CT molecular complexity index is 1080. The molecule has 2 saturated heterocycles. The number of aromatic nitrogens is 4. The second-order valence-electron chi connectivity index (χ2n) is 8.23. The fraction of sp³-hybridized carbons (Fsp3) is 0.455. The minimum absolute atomic E-state index is 0.00800. The van der Waals surface area contributed by atoms with Crippen molar-refractivity contribution in [2.45, 2.75) is 37.8 Å². The first-order chi connectivity index (χ1) is 14.7. The zero-order valence-corrected chi connectivity index (χ0v) is 16.9. The summed E-state index contributed by atoms with van der Waals surface area (Å²) in [5, 5.41) is 0. The maximum atomic E-state index is 12.6. The van der Waals surface area contributed by atoms with E-state index in [1.807, 2.05) is 33.7 Å². The molecule has 0 spiro atoms. The van der Waals surface area contributed by atoms with Crippen LogP contribution in [0.3, 0.4) is 0 Å². The topological polar surface area (TPSA) is 87.1 Å². The molecule has 2 aromatic heterocycles. The van der Waals surface area contributed by atoms with Crippen LogP contribution in [0.4, 0.5) is 0 Å². The average Bonchev–Trinajstić information content (AvgIpc) is 3.15. The van der Waals surface area contributed by atoms with Gasteiger partial charge in [-0.15, -0.1) is 0 Å². The van der Waals surface area contributed by atoms with E-state index in [1.54, 1.807) is 12.4 Å². The standard InChI is InChI=1S/C22H26N6O2/c29-21(16-13-23-15-24-14-16)27-11-5-17(6-12-27)26-9-7-18(8-10-26)28-20-4-2-1-3-19(20)25-22(28)30/h1-4,13-15,17-18H,5-12H2,(H,25,30). The molecule has 2 aliphatic heterocycles. The molecule has 156 valence electrons. The van der Waals surface area contributed by atoms with Gasteiger partial charge in [-0.2, -0.15) is 0 Å². The van der Waals surface area contributed by atoms with Crippen molar-refractivity contribution in [3.05, 3.63) is 59.0 Å². The van der Waals surface area contributed by atoms with Crippen molar-refractivity contribution in [2.75, 3.05) is 26.2 Å². The summed E-state index contributed by atoms with van der Waals surface area (Å²) in [5.74, 6) is 0.0199.